The number of hydrogen-bond acceptors (Lipinski definition) is 3. The van der Waals surface area contributed by atoms with Crippen LogP contribution in [-0.4, -0.2) is 23.8 Å². The first kappa shape index (κ1) is 12.9. The number of rotatable bonds is 1. The molecule has 0 amide bonds. The smallest absolute Gasteiger partial charge is 0.147 e. The van der Waals surface area contributed by atoms with E-state index in [9.17, 15) is 9.50 Å². The van der Waals surface area contributed by atoms with Crippen molar-refractivity contribution in [2.75, 3.05) is 11.4 Å². The maximum Gasteiger partial charge on any atom is 0.147 e. The molecule has 3 atom stereocenters. The van der Waals surface area contributed by atoms with Gasteiger partial charge >= 0.3 is 0 Å². The van der Waals surface area contributed by atoms with Crippen LogP contribution in [-0.2, 0) is 0 Å². The van der Waals surface area contributed by atoms with Crippen LogP contribution in [0.2, 0.25) is 0 Å². The third-order valence-corrected chi connectivity index (χ3v) is 4.93. The van der Waals surface area contributed by atoms with Crippen LogP contribution in [0.3, 0.4) is 0 Å². The molecule has 2 aliphatic rings. The molecule has 1 N–H and O–H groups in total. The number of nitrogens with zero attached hydrogens (tertiary/aromatic N) is 2. The van der Waals surface area contributed by atoms with Crippen LogP contribution >= 0.6 is 15.9 Å². The van der Waals surface area contributed by atoms with Gasteiger partial charge in [0.1, 0.15) is 11.9 Å². The Morgan fingerprint density at radius 1 is 1.37 bits per heavy atom. The van der Waals surface area contributed by atoms with Crippen LogP contribution < -0.4 is 4.90 Å². The number of aliphatic hydroxyl groups is 1. The predicted molar refractivity (Wildman–Crippen MR) is 73.3 cm³/mol. The van der Waals surface area contributed by atoms with E-state index in [0.29, 0.717) is 21.6 Å². The van der Waals surface area contributed by atoms with Crippen LogP contribution in [0, 0.1) is 23.1 Å². The van der Waals surface area contributed by atoms with Crippen molar-refractivity contribution < 1.29 is 9.50 Å². The number of halogens is 2. The molecule has 19 heavy (non-hydrogen) atoms. The molecular weight excluding hydrogens is 311 g/mol. The summed E-state index contributed by atoms with van der Waals surface area (Å²) in [6, 6.07) is 4.89. The van der Waals surface area contributed by atoms with Gasteiger partial charge < -0.3 is 10.0 Å². The van der Waals surface area contributed by atoms with Crippen LogP contribution in [0.15, 0.2) is 16.6 Å². The number of hydrogen-bond donors (Lipinski definition) is 1. The molecule has 5 heteroatoms. The van der Waals surface area contributed by atoms with Gasteiger partial charge in [-0.1, -0.05) is 0 Å². The van der Waals surface area contributed by atoms with E-state index >= 15 is 0 Å². The third kappa shape index (κ3) is 2.03. The second kappa shape index (κ2) is 4.77. The Morgan fingerprint density at radius 2 is 2.16 bits per heavy atom. The van der Waals surface area contributed by atoms with Crippen molar-refractivity contribution in [3.63, 3.8) is 0 Å². The van der Waals surface area contributed by atoms with Crippen molar-refractivity contribution in [1.29, 1.82) is 5.26 Å². The Balaban J connectivity index is 1.99. The fourth-order valence-corrected chi connectivity index (χ4v) is 3.81. The summed E-state index contributed by atoms with van der Waals surface area (Å²) in [4.78, 5) is 1.96. The predicted octanol–water partition coefficient (Wildman–Crippen LogP) is 2.81. The van der Waals surface area contributed by atoms with Crippen molar-refractivity contribution in [2.24, 2.45) is 5.92 Å². The molecule has 100 valence electrons. The first-order chi connectivity index (χ1) is 9.11. The summed E-state index contributed by atoms with van der Waals surface area (Å²) in [6.45, 7) is 0.766. The van der Waals surface area contributed by atoms with Gasteiger partial charge in [-0.2, -0.15) is 5.26 Å². The van der Waals surface area contributed by atoms with Crippen LogP contribution in [0.1, 0.15) is 24.8 Å². The number of nitriles is 1. The molecule has 1 aromatic rings. The maximum atomic E-state index is 14.2. The molecule has 1 aliphatic carbocycles. The largest absolute Gasteiger partial charge is 0.391 e. The second-order valence-electron chi connectivity index (χ2n) is 5.27. The van der Waals surface area contributed by atoms with E-state index in [-0.39, 0.29) is 18.0 Å². The van der Waals surface area contributed by atoms with E-state index in [2.05, 4.69) is 15.9 Å². The molecule has 3 rings (SSSR count). The highest BCUT2D eigenvalue weighted by molar-refractivity contribution is 9.10. The molecule has 0 radical (unpaired) electrons. The van der Waals surface area contributed by atoms with E-state index in [1.165, 1.54) is 6.07 Å². The highest BCUT2D eigenvalue weighted by Gasteiger charge is 2.44. The molecular formula is C14H14BrFN2O. The van der Waals surface area contributed by atoms with Gasteiger partial charge in [0.15, 0.2) is 0 Å². The lowest BCUT2D eigenvalue weighted by molar-refractivity contribution is 0.160. The van der Waals surface area contributed by atoms with Crippen molar-refractivity contribution in [2.45, 2.75) is 31.4 Å². The SMILES string of the molecule is N#Cc1cc(F)c(N2CC[C@H]3CC[C@@H](O)[C@H]32)cc1Br. The minimum absolute atomic E-state index is 0.0225. The number of fused-ring (bicyclic) bond motifs is 1. The summed E-state index contributed by atoms with van der Waals surface area (Å²) < 4.78 is 14.8. The number of aliphatic hydroxyl groups excluding tert-OH is 1. The molecule has 0 bridgehead atoms. The van der Waals surface area contributed by atoms with Gasteiger partial charge in [0, 0.05) is 11.0 Å². The standard InChI is InChI=1S/C14H14BrFN2O/c15-10-6-12(11(16)5-9(10)7-17)18-4-3-8-1-2-13(19)14(8)18/h5-6,8,13-14,19H,1-4H2/t8-,13-,14+/m1/s1. The molecule has 1 aromatic carbocycles. The Labute approximate surface area is 119 Å². The molecule has 1 heterocycles. The summed E-state index contributed by atoms with van der Waals surface area (Å²) in [6.07, 6.45) is 2.44. The topological polar surface area (TPSA) is 47.3 Å². The average molecular weight is 325 g/mol. The lowest BCUT2D eigenvalue weighted by Crippen LogP contribution is -2.38. The van der Waals surface area contributed by atoms with Crippen molar-refractivity contribution in [1.82, 2.24) is 0 Å². The van der Waals surface area contributed by atoms with Gasteiger partial charge in [-0.25, -0.2) is 4.39 Å². The number of benzene rings is 1. The minimum Gasteiger partial charge on any atom is -0.391 e. The van der Waals surface area contributed by atoms with Crippen LogP contribution in [0.25, 0.3) is 0 Å². The Bertz CT molecular complexity index is 557. The second-order valence-corrected chi connectivity index (χ2v) is 6.13. The lowest BCUT2D eigenvalue weighted by Gasteiger charge is -2.29. The summed E-state index contributed by atoms with van der Waals surface area (Å²) in [5.74, 6) is 0.0725. The monoisotopic (exact) mass is 324 g/mol. The zero-order valence-corrected chi connectivity index (χ0v) is 11.9. The van der Waals surface area contributed by atoms with Gasteiger partial charge in [-0.15, -0.1) is 0 Å². The normalized spacial score (nSPS) is 29.4. The first-order valence-electron chi connectivity index (χ1n) is 6.45. The highest BCUT2D eigenvalue weighted by atomic mass is 79.9. The summed E-state index contributed by atoms with van der Waals surface area (Å²) in [7, 11) is 0. The highest BCUT2D eigenvalue weighted by Crippen LogP contribution is 2.42. The zero-order chi connectivity index (χ0) is 13.6. The first-order valence-corrected chi connectivity index (χ1v) is 7.25. The van der Waals surface area contributed by atoms with E-state index < -0.39 is 0 Å². The number of anilines is 1. The van der Waals surface area contributed by atoms with Gasteiger partial charge in [0.05, 0.1) is 23.4 Å². The van der Waals surface area contributed by atoms with E-state index in [1.807, 2.05) is 11.0 Å². The molecule has 0 unspecified atom stereocenters. The summed E-state index contributed by atoms with van der Waals surface area (Å²) in [5.41, 5.74) is 0.781. The Hall–Kier alpha value is -1.12. The molecule has 2 fully saturated rings. The summed E-state index contributed by atoms with van der Waals surface area (Å²) in [5, 5.41) is 19.0. The molecule has 0 aromatic heterocycles. The van der Waals surface area contributed by atoms with Crippen molar-refractivity contribution >= 4 is 21.6 Å². The minimum atomic E-state index is -0.389. The molecule has 0 spiro atoms. The van der Waals surface area contributed by atoms with Gasteiger partial charge in [-0.3, -0.25) is 0 Å². The lowest BCUT2D eigenvalue weighted by atomic mass is 10.0. The average Bonchev–Trinajstić information content (AvgIpc) is 2.95. The third-order valence-electron chi connectivity index (χ3n) is 4.28. The Morgan fingerprint density at radius 3 is 2.89 bits per heavy atom. The quantitative estimate of drug-likeness (QED) is 0.864. The van der Waals surface area contributed by atoms with Gasteiger partial charge in [-0.05, 0) is 53.2 Å². The van der Waals surface area contributed by atoms with Gasteiger partial charge in [0.2, 0.25) is 0 Å². The van der Waals surface area contributed by atoms with E-state index in [4.69, 9.17) is 5.26 Å². The van der Waals surface area contributed by atoms with E-state index in [1.54, 1.807) is 6.07 Å². The van der Waals surface area contributed by atoms with Crippen molar-refractivity contribution in [3.8, 4) is 6.07 Å². The molecule has 1 saturated heterocycles. The van der Waals surface area contributed by atoms with Gasteiger partial charge in [0.25, 0.3) is 0 Å². The maximum absolute atomic E-state index is 14.2. The molecule has 1 saturated carbocycles. The van der Waals surface area contributed by atoms with Crippen molar-refractivity contribution in [3.05, 3.63) is 28.0 Å². The Kier molecular flexibility index (Phi) is 3.23. The fraction of sp³-hybridized carbons (Fsp3) is 0.500. The van der Waals surface area contributed by atoms with Crippen LogP contribution in [0.4, 0.5) is 10.1 Å². The fourth-order valence-electron chi connectivity index (χ4n) is 3.39. The van der Waals surface area contributed by atoms with E-state index in [0.717, 1.165) is 25.8 Å². The summed E-state index contributed by atoms with van der Waals surface area (Å²) >= 11 is 3.30. The molecule has 1 aliphatic heterocycles. The zero-order valence-electron chi connectivity index (χ0n) is 10.3. The van der Waals surface area contributed by atoms with Crippen LogP contribution in [0.5, 0.6) is 0 Å². The molecule has 3 nitrogen and oxygen atoms in total.